The molecule has 0 unspecified atom stereocenters. The van der Waals surface area contributed by atoms with Crippen molar-refractivity contribution >= 4 is 11.0 Å². The highest BCUT2D eigenvalue weighted by Gasteiger charge is 2.42. The predicted molar refractivity (Wildman–Crippen MR) is 78.4 cm³/mol. The van der Waals surface area contributed by atoms with E-state index in [-0.39, 0.29) is 5.41 Å². The molecule has 0 bridgehead atoms. The van der Waals surface area contributed by atoms with Gasteiger partial charge in [-0.25, -0.2) is 4.98 Å². The van der Waals surface area contributed by atoms with Crippen LogP contribution in [0.5, 0.6) is 0 Å². The summed E-state index contributed by atoms with van der Waals surface area (Å²) >= 11 is 0. The molecule has 4 heteroatoms. The van der Waals surface area contributed by atoms with Gasteiger partial charge in [0.2, 0.25) is 0 Å². The standard InChI is InChI=1S/C16H17N3O/c1-19-13-9-11(16(10-17)6-7-16)4-5-12(13)18-15(19)14-3-2-8-20-14/h2-5,8-9H,6-7,10,17H2,1H3. The Balaban J connectivity index is 1.89. The minimum atomic E-state index is 0.212. The van der Waals surface area contributed by atoms with Crippen LogP contribution in [0.15, 0.2) is 41.0 Å². The molecular weight excluding hydrogens is 250 g/mol. The Kier molecular flexibility index (Phi) is 2.32. The lowest BCUT2D eigenvalue weighted by molar-refractivity contribution is 0.574. The molecule has 0 saturated heterocycles. The van der Waals surface area contributed by atoms with E-state index >= 15 is 0 Å². The Morgan fingerprint density at radius 3 is 2.85 bits per heavy atom. The van der Waals surface area contributed by atoms with E-state index in [4.69, 9.17) is 10.2 Å². The van der Waals surface area contributed by atoms with Crippen LogP contribution in [0.25, 0.3) is 22.6 Å². The molecule has 0 atom stereocenters. The largest absolute Gasteiger partial charge is 0.461 e. The third-order valence-electron chi connectivity index (χ3n) is 4.48. The van der Waals surface area contributed by atoms with Crippen molar-refractivity contribution in [2.45, 2.75) is 18.3 Å². The maximum atomic E-state index is 5.93. The summed E-state index contributed by atoms with van der Waals surface area (Å²) in [7, 11) is 2.03. The fourth-order valence-corrected chi connectivity index (χ4v) is 2.91. The zero-order valence-electron chi connectivity index (χ0n) is 11.5. The lowest BCUT2D eigenvalue weighted by Gasteiger charge is -2.12. The summed E-state index contributed by atoms with van der Waals surface area (Å²) in [6, 6.07) is 10.3. The molecule has 2 N–H and O–H groups in total. The second-order valence-corrected chi connectivity index (χ2v) is 5.66. The number of benzene rings is 1. The Bertz CT molecular complexity index is 766. The maximum absolute atomic E-state index is 5.93. The normalized spacial score (nSPS) is 16.7. The summed E-state index contributed by atoms with van der Waals surface area (Å²) < 4.78 is 7.55. The molecule has 2 heterocycles. The summed E-state index contributed by atoms with van der Waals surface area (Å²) in [5.41, 5.74) is 9.60. The van der Waals surface area contributed by atoms with E-state index in [0.29, 0.717) is 0 Å². The van der Waals surface area contributed by atoms with Crippen molar-refractivity contribution in [2.75, 3.05) is 6.54 Å². The SMILES string of the molecule is Cn1c(-c2ccco2)nc2ccc(C3(CN)CC3)cc21. The highest BCUT2D eigenvalue weighted by molar-refractivity contribution is 5.80. The number of imidazole rings is 1. The summed E-state index contributed by atoms with van der Waals surface area (Å²) in [6.07, 6.45) is 4.06. The van der Waals surface area contributed by atoms with Crippen LogP contribution in [0.2, 0.25) is 0 Å². The van der Waals surface area contributed by atoms with E-state index in [0.717, 1.165) is 29.2 Å². The van der Waals surface area contributed by atoms with Gasteiger partial charge in [0.1, 0.15) is 0 Å². The van der Waals surface area contributed by atoms with Crippen LogP contribution >= 0.6 is 0 Å². The van der Waals surface area contributed by atoms with Gasteiger partial charge in [0.25, 0.3) is 0 Å². The van der Waals surface area contributed by atoms with Gasteiger partial charge in [-0.3, -0.25) is 0 Å². The van der Waals surface area contributed by atoms with Gasteiger partial charge in [-0.15, -0.1) is 0 Å². The Morgan fingerprint density at radius 1 is 1.35 bits per heavy atom. The van der Waals surface area contributed by atoms with Crippen LogP contribution in [0.4, 0.5) is 0 Å². The molecule has 2 aromatic heterocycles. The molecule has 0 spiro atoms. The Hall–Kier alpha value is -2.07. The number of hydrogen-bond donors (Lipinski definition) is 1. The molecule has 1 aromatic carbocycles. The number of furan rings is 1. The molecular formula is C16H17N3O. The average Bonchev–Trinajstić information content (AvgIpc) is 2.95. The molecule has 1 aliphatic carbocycles. The van der Waals surface area contributed by atoms with Gasteiger partial charge >= 0.3 is 0 Å². The summed E-state index contributed by atoms with van der Waals surface area (Å²) in [6.45, 7) is 0.724. The van der Waals surface area contributed by atoms with Crippen molar-refractivity contribution in [3.63, 3.8) is 0 Å². The van der Waals surface area contributed by atoms with Crippen LogP contribution < -0.4 is 5.73 Å². The van der Waals surface area contributed by atoms with Crippen LogP contribution in [-0.2, 0) is 12.5 Å². The number of nitrogens with two attached hydrogens (primary N) is 1. The zero-order chi connectivity index (χ0) is 13.7. The number of aromatic nitrogens is 2. The molecule has 0 radical (unpaired) electrons. The second kappa shape index (κ2) is 3.96. The summed E-state index contributed by atoms with van der Waals surface area (Å²) in [5.74, 6) is 1.66. The number of nitrogens with zero attached hydrogens (tertiary/aromatic N) is 2. The highest BCUT2D eigenvalue weighted by Crippen LogP contribution is 2.47. The molecule has 0 aliphatic heterocycles. The number of rotatable bonds is 3. The Labute approximate surface area is 117 Å². The lowest BCUT2D eigenvalue weighted by Crippen LogP contribution is -2.19. The number of hydrogen-bond acceptors (Lipinski definition) is 3. The van der Waals surface area contributed by atoms with Crippen LogP contribution in [-0.4, -0.2) is 16.1 Å². The van der Waals surface area contributed by atoms with Crippen molar-refractivity contribution in [1.82, 2.24) is 9.55 Å². The maximum Gasteiger partial charge on any atom is 0.176 e. The van der Waals surface area contributed by atoms with E-state index in [9.17, 15) is 0 Å². The monoisotopic (exact) mass is 267 g/mol. The van der Waals surface area contributed by atoms with Crippen molar-refractivity contribution < 1.29 is 4.42 Å². The quantitative estimate of drug-likeness (QED) is 0.794. The van der Waals surface area contributed by atoms with Gasteiger partial charge < -0.3 is 14.7 Å². The summed E-state index contributed by atoms with van der Waals surface area (Å²) in [4.78, 5) is 4.66. The number of aryl methyl sites for hydroxylation is 1. The van der Waals surface area contributed by atoms with Crippen LogP contribution in [0.1, 0.15) is 18.4 Å². The van der Waals surface area contributed by atoms with E-state index in [2.05, 4.69) is 27.8 Å². The van der Waals surface area contributed by atoms with Gasteiger partial charge in [-0.1, -0.05) is 6.07 Å². The third kappa shape index (κ3) is 1.55. The molecule has 20 heavy (non-hydrogen) atoms. The molecule has 1 aliphatic rings. The van der Waals surface area contributed by atoms with Gasteiger partial charge in [0, 0.05) is 19.0 Å². The molecule has 4 nitrogen and oxygen atoms in total. The molecule has 102 valence electrons. The predicted octanol–water partition coefficient (Wildman–Crippen LogP) is 2.82. The third-order valence-corrected chi connectivity index (χ3v) is 4.48. The summed E-state index contributed by atoms with van der Waals surface area (Å²) in [5, 5.41) is 0. The van der Waals surface area contributed by atoms with Gasteiger partial charge in [0.05, 0.1) is 17.3 Å². The van der Waals surface area contributed by atoms with Gasteiger partial charge in [-0.05, 0) is 42.7 Å². The van der Waals surface area contributed by atoms with Crippen molar-refractivity contribution in [3.8, 4) is 11.6 Å². The van der Waals surface area contributed by atoms with Crippen molar-refractivity contribution in [1.29, 1.82) is 0 Å². The molecule has 1 fully saturated rings. The first-order valence-electron chi connectivity index (χ1n) is 6.94. The molecule has 3 aromatic rings. The number of fused-ring (bicyclic) bond motifs is 1. The molecule has 0 amide bonds. The van der Waals surface area contributed by atoms with Crippen LogP contribution in [0, 0.1) is 0 Å². The highest BCUT2D eigenvalue weighted by atomic mass is 16.3. The molecule has 4 rings (SSSR count). The van der Waals surface area contributed by atoms with Crippen molar-refractivity contribution in [3.05, 3.63) is 42.2 Å². The van der Waals surface area contributed by atoms with Crippen molar-refractivity contribution in [2.24, 2.45) is 12.8 Å². The first-order chi connectivity index (χ1) is 9.73. The lowest BCUT2D eigenvalue weighted by atomic mass is 9.96. The topological polar surface area (TPSA) is 57.0 Å². The average molecular weight is 267 g/mol. The van der Waals surface area contributed by atoms with E-state index in [1.807, 2.05) is 19.2 Å². The first-order valence-corrected chi connectivity index (χ1v) is 6.94. The first kappa shape index (κ1) is 11.7. The zero-order valence-corrected chi connectivity index (χ0v) is 11.5. The molecule has 1 saturated carbocycles. The minimum Gasteiger partial charge on any atom is -0.461 e. The second-order valence-electron chi connectivity index (χ2n) is 5.66. The minimum absolute atomic E-state index is 0.212. The van der Waals surface area contributed by atoms with Gasteiger partial charge in [-0.2, -0.15) is 0 Å². The fourth-order valence-electron chi connectivity index (χ4n) is 2.91. The van der Waals surface area contributed by atoms with Gasteiger partial charge in [0.15, 0.2) is 11.6 Å². The van der Waals surface area contributed by atoms with E-state index in [1.54, 1.807) is 6.26 Å². The van der Waals surface area contributed by atoms with E-state index < -0.39 is 0 Å². The fraction of sp³-hybridized carbons (Fsp3) is 0.312. The van der Waals surface area contributed by atoms with Crippen LogP contribution in [0.3, 0.4) is 0 Å². The Morgan fingerprint density at radius 2 is 2.20 bits per heavy atom. The van der Waals surface area contributed by atoms with E-state index in [1.165, 1.54) is 18.4 Å². The smallest absolute Gasteiger partial charge is 0.176 e.